The highest BCUT2D eigenvalue weighted by molar-refractivity contribution is 6.05. The van der Waals surface area contributed by atoms with Crippen LogP contribution in [0.1, 0.15) is 48.0 Å². The highest BCUT2D eigenvalue weighted by Gasteiger charge is 2.27. The van der Waals surface area contributed by atoms with Crippen LogP contribution in [0.25, 0.3) is 0 Å². The third kappa shape index (κ3) is 2.81. The van der Waals surface area contributed by atoms with Gasteiger partial charge < -0.3 is 15.2 Å². The van der Waals surface area contributed by atoms with Crippen LogP contribution in [0.3, 0.4) is 0 Å². The Hall–Kier alpha value is -2.01. The zero-order valence-corrected chi connectivity index (χ0v) is 13.5. The van der Waals surface area contributed by atoms with Crippen molar-refractivity contribution in [3.05, 3.63) is 41.3 Å². The molecule has 0 bridgehead atoms. The number of benzene rings is 1. The van der Waals surface area contributed by atoms with E-state index < -0.39 is 0 Å². The van der Waals surface area contributed by atoms with E-state index in [1.807, 2.05) is 32.0 Å². The third-order valence-corrected chi connectivity index (χ3v) is 3.86. The third-order valence-electron chi connectivity index (χ3n) is 3.86. The summed E-state index contributed by atoms with van der Waals surface area (Å²) in [6.45, 7) is 4.71. The molecule has 118 valence electrons. The lowest BCUT2D eigenvalue weighted by atomic mass is 9.99. The van der Waals surface area contributed by atoms with Crippen LogP contribution in [-0.4, -0.2) is 17.6 Å². The first-order valence-corrected chi connectivity index (χ1v) is 7.23. The molecule has 0 saturated heterocycles. The van der Waals surface area contributed by atoms with Crippen molar-refractivity contribution in [2.75, 3.05) is 17.2 Å². The molecule has 2 aromatic rings. The fourth-order valence-electron chi connectivity index (χ4n) is 2.66. The van der Waals surface area contributed by atoms with Crippen molar-refractivity contribution in [2.24, 2.45) is 0 Å². The minimum atomic E-state index is -0.152. The Morgan fingerprint density at radius 2 is 2.18 bits per heavy atom. The van der Waals surface area contributed by atoms with E-state index in [1.54, 1.807) is 11.0 Å². The number of aromatic nitrogens is 1. The average Bonchev–Trinajstić information content (AvgIpc) is 2.96. The lowest BCUT2D eigenvalue weighted by molar-refractivity contribution is 0.0949. The first-order valence-electron chi connectivity index (χ1n) is 7.23. The van der Waals surface area contributed by atoms with Gasteiger partial charge in [-0.3, -0.25) is 4.79 Å². The number of carbonyl (C=O) groups is 1. The van der Waals surface area contributed by atoms with Crippen LogP contribution in [0.4, 0.5) is 11.4 Å². The van der Waals surface area contributed by atoms with E-state index in [-0.39, 0.29) is 30.0 Å². The van der Waals surface area contributed by atoms with Crippen LogP contribution in [0, 0.1) is 0 Å². The number of carbonyl (C=O) groups excluding carboxylic acids is 1. The van der Waals surface area contributed by atoms with E-state index in [1.165, 1.54) is 0 Å². The molecule has 1 aromatic carbocycles. The monoisotopic (exact) mass is 321 g/mol. The molecular weight excluding hydrogens is 302 g/mol. The molecular formula is C16H20ClN3O2. The van der Waals surface area contributed by atoms with Crippen LogP contribution in [0.5, 0.6) is 0 Å². The van der Waals surface area contributed by atoms with E-state index in [0.717, 1.165) is 35.5 Å². The number of amides is 1. The van der Waals surface area contributed by atoms with Gasteiger partial charge in [-0.2, -0.15) is 0 Å². The summed E-state index contributed by atoms with van der Waals surface area (Å²) in [6.07, 6.45) is 1.80. The van der Waals surface area contributed by atoms with E-state index in [2.05, 4.69) is 5.16 Å². The van der Waals surface area contributed by atoms with Gasteiger partial charge in [0.2, 0.25) is 5.76 Å². The van der Waals surface area contributed by atoms with Crippen molar-refractivity contribution in [2.45, 2.75) is 32.6 Å². The fraction of sp³-hybridized carbons (Fsp3) is 0.375. The molecule has 1 aromatic heterocycles. The Balaban J connectivity index is 0.00000176. The van der Waals surface area contributed by atoms with Gasteiger partial charge in [0.05, 0.1) is 5.69 Å². The summed E-state index contributed by atoms with van der Waals surface area (Å²) in [6, 6.07) is 7.41. The molecule has 1 amide bonds. The molecule has 0 atom stereocenters. The summed E-state index contributed by atoms with van der Waals surface area (Å²) < 4.78 is 5.21. The minimum Gasteiger partial charge on any atom is -0.398 e. The molecule has 0 saturated carbocycles. The van der Waals surface area contributed by atoms with Crippen molar-refractivity contribution >= 4 is 29.7 Å². The lowest BCUT2D eigenvalue weighted by Gasteiger charge is -2.29. The largest absolute Gasteiger partial charge is 0.398 e. The minimum absolute atomic E-state index is 0. The Kier molecular flexibility index (Phi) is 4.76. The molecule has 1 aliphatic rings. The van der Waals surface area contributed by atoms with Gasteiger partial charge in [0, 0.05) is 24.0 Å². The molecule has 0 unspecified atom stereocenters. The molecule has 2 N–H and O–H groups in total. The Bertz CT molecular complexity index is 682. The normalized spacial score (nSPS) is 13.7. The first-order chi connectivity index (χ1) is 10.1. The van der Waals surface area contributed by atoms with E-state index in [9.17, 15) is 4.79 Å². The zero-order chi connectivity index (χ0) is 15.0. The summed E-state index contributed by atoms with van der Waals surface area (Å²) >= 11 is 0. The number of nitrogens with two attached hydrogens (primary N) is 1. The number of hydrogen-bond donors (Lipinski definition) is 1. The highest BCUT2D eigenvalue weighted by atomic mass is 35.5. The van der Waals surface area contributed by atoms with Crippen molar-refractivity contribution in [1.29, 1.82) is 0 Å². The van der Waals surface area contributed by atoms with Crippen LogP contribution in [0.2, 0.25) is 0 Å². The maximum absolute atomic E-state index is 12.7. The molecule has 5 nitrogen and oxygen atoms in total. The summed E-state index contributed by atoms with van der Waals surface area (Å²) in [5.41, 5.74) is 9.47. The van der Waals surface area contributed by atoms with E-state index >= 15 is 0 Å². The summed E-state index contributed by atoms with van der Waals surface area (Å²) in [5.74, 6) is 0.370. The number of fused-ring (bicyclic) bond motifs is 1. The number of anilines is 2. The zero-order valence-electron chi connectivity index (χ0n) is 12.7. The van der Waals surface area contributed by atoms with Gasteiger partial charge in [-0.05, 0) is 36.5 Å². The van der Waals surface area contributed by atoms with Crippen molar-refractivity contribution in [3.8, 4) is 0 Å². The summed E-state index contributed by atoms with van der Waals surface area (Å²) in [5, 5.41) is 3.96. The number of rotatable bonds is 2. The molecule has 0 radical (unpaired) electrons. The quantitative estimate of drug-likeness (QED) is 0.860. The standard InChI is InChI=1S/C16H19N3O2.ClH/c1-10(2)13-9-15(21-18-13)16(20)19-8-4-5-11-12(17)6-3-7-14(11)19;/h3,6-7,9-10H,4-5,8,17H2,1-2H3;1H. The van der Waals surface area contributed by atoms with Crippen LogP contribution in [0.15, 0.2) is 28.8 Å². The van der Waals surface area contributed by atoms with Crippen LogP contribution >= 0.6 is 12.4 Å². The number of nitrogen functional groups attached to an aromatic ring is 1. The van der Waals surface area contributed by atoms with Gasteiger partial charge in [0.1, 0.15) is 0 Å². The molecule has 3 rings (SSSR count). The highest BCUT2D eigenvalue weighted by Crippen LogP contribution is 2.32. The molecule has 0 spiro atoms. The number of nitrogens with zero attached hydrogens (tertiary/aromatic N) is 2. The summed E-state index contributed by atoms with van der Waals surface area (Å²) in [4.78, 5) is 14.4. The van der Waals surface area contributed by atoms with Gasteiger partial charge in [-0.25, -0.2) is 0 Å². The maximum atomic E-state index is 12.7. The summed E-state index contributed by atoms with van der Waals surface area (Å²) in [7, 11) is 0. The van der Waals surface area contributed by atoms with Gasteiger partial charge in [-0.1, -0.05) is 25.1 Å². The Morgan fingerprint density at radius 1 is 1.41 bits per heavy atom. The second-order valence-corrected chi connectivity index (χ2v) is 5.68. The SMILES string of the molecule is CC(C)c1cc(C(=O)N2CCCc3c(N)cccc32)on1.Cl. The van der Waals surface area contributed by atoms with Gasteiger partial charge in [0.15, 0.2) is 0 Å². The topological polar surface area (TPSA) is 72.4 Å². The predicted molar refractivity (Wildman–Crippen MR) is 88.7 cm³/mol. The van der Waals surface area contributed by atoms with Crippen molar-refractivity contribution < 1.29 is 9.32 Å². The van der Waals surface area contributed by atoms with Gasteiger partial charge >= 0.3 is 0 Å². The van der Waals surface area contributed by atoms with E-state index in [0.29, 0.717) is 6.54 Å². The van der Waals surface area contributed by atoms with Gasteiger partial charge in [0.25, 0.3) is 5.91 Å². The van der Waals surface area contributed by atoms with E-state index in [4.69, 9.17) is 10.3 Å². The molecule has 22 heavy (non-hydrogen) atoms. The first kappa shape index (κ1) is 16.4. The van der Waals surface area contributed by atoms with Crippen LogP contribution < -0.4 is 10.6 Å². The molecule has 0 fully saturated rings. The Morgan fingerprint density at radius 3 is 2.86 bits per heavy atom. The smallest absolute Gasteiger partial charge is 0.296 e. The number of halogens is 1. The lowest BCUT2D eigenvalue weighted by Crippen LogP contribution is -2.35. The van der Waals surface area contributed by atoms with Gasteiger partial charge in [-0.15, -0.1) is 12.4 Å². The maximum Gasteiger partial charge on any atom is 0.296 e. The Labute approximate surface area is 135 Å². The number of hydrogen-bond acceptors (Lipinski definition) is 4. The second-order valence-electron chi connectivity index (χ2n) is 5.68. The predicted octanol–water partition coefficient (Wildman–Crippen LogP) is 3.40. The average molecular weight is 322 g/mol. The molecule has 2 heterocycles. The molecule has 0 aliphatic carbocycles. The molecule has 1 aliphatic heterocycles. The second kappa shape index (κ2) is 6.40. The fourth-order valence-corrected chi connectivity index (χ4v) is 2.66. The van der Waals surface area contributed by atoms with Crippen molar-refractivity contribution in [3.63, 3.8) is 0 Å². The van der Waals surface area contributed by atoms with Crippen molar-refractivity contribution in [1.82, 2.24) is 5.16 Å². The molecule has 6 heteroatoms. The van der Waals surface area contributed by atoms with Crippen LogP contribution in [-0.2, 0) is 6.42 Å².